The van der Waals surface area contributed by atoms with Gasteiger partial charge in [0.2, 0.25) is 0 Å². The number of thiazole rings is 1. The normalized spacial score (nSPS) is 10.3. The van der Waals surface area contributed by atoms with E-state index in [4.69, 9.17) is 0 Å². The Morgan fingerprint density at radius 3 is 2.74 bits per heavy atom. The summed E-state index contributed by atoms with van der Waals surface area (Å²) in [5.74, 6) is -0.847. The molecule has 0 atom stereocenters. The Morgan fingerprint density at radius 2 is 2.16 bits per heavy atom. The third kappa shape index (κ3) is 2.79. The summed E-state index contributed by atoms with van der Waals surface area (Å²) in [7, 11) is 1.30. The van der Waals surface area contributed by atoms with Crippen LogP contribution in [0.3, 0.4) is 0 Å². The SMILES string of the molecule is COC(=O)c1sc(NC(=O)c2cc(C)[nH]n2)nc1C. The van der Waals surface area contributed by atoms with Crippen molar-refractivity contribution in [2.24, 2.45) is 0 Å². The molecule has 0 spiro atoms. The molecule has 2 aromatic rings. The third-order valence-electron chi connectivity index (χ3n) is 2.33. The molecule has 19 heavy (non-hydrogen) atoms. The Labute approximate surface area is 113 Å². The molecule has 0 bridgehead atoms. The number of amides is 1. The van der Waals surface area contributed by atoms with Crippen LogP contribution < -0.4 is 5.32 Å². The standard InChI is InChI=1S/C11H12N4O3S/c1-5-4-7(15-14-5)9(16)13-11-12-6(2)8(19-11)10(17)18-3/h4H,1-3H3,(H,14,15)(H,12,13,16). The van der Waals surface area contributed by atoms with Gasteiger partial charge in [-0.25, -0.2) is 9.78 Å². The van der Waals surface area contributed by atoms with Crippen LogP contribution in [-0.4, -0.2) is 34.2 Å². The number of H-pyrrole nitrogens is 1. The number of hydrogen-bond donors (Lipinski definition) is 2. The van der Waals surface area contributed by atoms with E-state index in [0.29, 0.717) is 15.7 Å². The summed E-state index contributed by atoms with van der Waals surface area (Å²) in [6.45, 7) is 3.48. The van der Waals surface area contributed by atoms with E-state index in [1.54, 1.807) is 19.9 Å². The number of rotatable bonds is 3. The van der Waals surface area contributed by atoms with Crippen LogP contribution in [0.5, 0.6) is 0 Å². The van der Waals surface area contributed by atoms with Gasteiger partial charge in [0, 0.05) is 5.69 Å². The van der Waals surface area contributed by atoms with Crippen molar-refractivity contribution in [3.05, 3.63) is 28.0 Å². The minimum absolute atomic E-state index is 0.268. The number of esters is 1. The summed E-state index contributed by atoms with van der Waals surface area (Å²) in [6, 6.07) is 1.62. The maximum Gasteiger partial charge on any atom is 0.350 e. The predicted molar refractivity (Wildman–Crippen MR) is 69.5 cm³/mol. The molecule has 0 aliphatic heterocycles. The number of aromatic nitrogens is 3. The first kappa shape index (κ1) is 13.2. The molecule has 1 amide bonds. The van der Waals surface area contributed by atoms with Crippen LogP contribution in [0, 0.1) is 13.8 Å². The minimum Gasteiger partial charge on any atom is -0.465 e. The molecule has 0 saturated heterocycles. The van der Waals surface area contributed by atoms with Crippen LogP contribution in [0.1, 0.15) is 31.5 Å². The largest absolute Gasteiger partial charge is 0.465 e. The van der Waals surface area contributed by atoms with Crippen molar-refractivity contribution >= 4 is 28.3 Å². The molecule has 0 aromatic carbocycles. The van der Waals surface area contributed by atoms with E-state index in [1.807, 2.05) is 0 Å². The first-order chi connectivity index (χ1) is 9.01. The highest BCUT2D eigenvalue weighted by atomic mass is 32.1. The van der Waals surface area contributed by atoms with Crippen LogP contribution in [0.15, 0.2) is 6.07 Å². The van der Waals surface area contributed by atoms with Crippen molar-refractivity contribution in [2.75, 3.05) is 12.4 Å². The topological polar surface area (TPSA) is 97.0 Å². The van der Waals surface area contributed by atoms with E-state index in [-0.39, 0.29) is 11.6 Å². The molecule has 100 valence electrons. The van der Waals surface area contributed by atoms with Crippen LogP contribution in [-0.2, 0) is 4.74 Å². The van der Waals surface area contributed by atoms with Crippen LogP contribution in [0.4, 0.5) is 5.13 Å². The quantitative estimate of drug-likeness (QED) is 0.831. The highest BCUT2D eigenvalue weighted by Gasteiger charge is 2.18. The van der Waals surface area contributed by atoms with E-state index in [9.17, 15) is 9.59 Å². The molecular formula is C11H12N4O3S. The van der Waals surface area contributed by atoms with E-state index >= 15 is 0 Å². The number of ether oxygens (including phenoxy) is 1. The summed E-state index contributed by atoms with van der Waals surface area (Å²) in [6.07, 6.45) is 0. The summed E-state index contributed by atoms with van der Waals surface area (Å²) in [5.41, 5.74) is 1.58. The number of hydrogen-bond acceptors (Lipinski definition) is 6. The van der Waals surface area contributed by atoms with Gasteiger partial charge in [0.1, 0.15) is 4.88 Å². The molecule has 0 aliphatic rings. The maximum atomic E-state index is 11.8. The molecule has 7 nitrogen and oxygen atoms in total. The van der Waals surface area contributed by atoms with E-state index < -0.39 is 5.97 Å². The lowest BCUT2D eigenvalue weighted by Crippen LogP contribution is -2.12. The first-order valence-electron chi connectivity index (χ1n) is 5.40. The van der Waals surface area contributed by atoms with Crippen LogP contribution in [0.25, 0.3) is 0 Å². The molecule has 0 fully saturated rings. The molecule has 0 saturated carbocycles. The number of anilines is 1. The Bertz CT molecular complexity index is 632. The average Bonchev–Trinajstić information content (AvgIpc) is 2.95. The second-order valence-electron chi connectivity index (χ2n) is 3.82. The number of aryl methyl sites for hydroxylation is 2. The lowest BCUT2D eigenvalue weighted by atomic mass is 10.3. The van der Waals surface area contributed by atoms with Gasteiger partial charge in [-0.2, -0.15) is 5.10 Å². The predicted octanol–water partition coefficient (Wildman–Crippen LogP) is 1.52. The van der Waals surface area contributed by atoms with Crippen molar-refractivity contribution in [3.8, 4) is 0 Å². The first-order valence-corrected chi connectivity index (χ1v) is 6.22. The molecule has 2 aromatic heterocycles. The molecular weight excluding hydrogens is 268 g/mol. The van der Waals surface area contributed by atoms with E-state index in [1.165, 1.54) is 7.11 Å². The molecule has 2 rings (SSSR count). The van der Waals surface area contributed by atoms with Gasteiger partial charge in [-0.05, 0) is 19.9 Å². The van der Waals surface area contributed by atoms with Gasteiger partial charge >= 0.3 is 5.97 Å². The Hall–Kier alpha value is -2.22. The third-order valence-corrected chi connectivity index (χ3v) is 3.38. The average molecular weight is 280 g/mol. The zero-order chi connectivity index (χ0) is 14.0. The van der Waals surface area contributed by atoms with Crippen molar-refractivity contribution in [2.45, 2.75) is 13.8 Å². The zero-order valence-electron chi connectivity index (χ0n) is 10.6. The summed E-state index contributed by atoms with van der Waals surface area (Å²) < 4.78 is 4.62. The molecule has 0 aliphatic carbocycles. The van der Waals surface area contributed by atoms with Gasteiger partial charge < -0.3 is 4.74 Å². The van der Waals surface area contributed by atoms with Crippen molar-refractivity contribution in [1.29, 1.82) is 0 Å². The fourth-order valence-electron chi connectivity index (χ4n) is 1.43. The number of nitrogens with one attached hydrogen (secondary N) is 2. The smallest absolute Gasteiger partial charge is 0.350 e. The Morgan fingerprint density at radius 1 is 1.42 bits per heavy atom. The molecule has 8 heteroatoms. The molecule has 0 unspecified atom stereocenters. The number of carbonyl (C=O) groups excluding carboxylic acids is 2. The minimum atomic E-state index is -0.467. The monoisotopic (exact) mass is 280 g/mol. The highest BCUT2D eigenvalue weighted by Crippen LogP contribution is 2.23. The molecule has 2 N–H and O–H groups in total. The van der Waals surface area contributed by atoms with Crippen molar-refractivity contribution in [3.63, 3.8) is 0 Å². The van der Waals surface area contributed by atoms with Crippen LogP contribution in [0.2, 0.25) is 0 Å². The number of aromatic amines is 1. The summed E-state index contributed by atoms with van der Waals surface area (Å²) >= 11 is 1.07. The van der Waals surface area contributed by atoms with Gasteiger partial charge in [0.15, 0.2) is 10.8 Å². The lowest BCUT2D eigenvalue weighted by molar-refractivity contribution is 0.0605. The lowest BCUT2D eigenvalue weighted by Gasteiger charge is -1.96. The van der Waals surface area contributed by atoms with E-state index in [2.05, 4.69) is 25.2 Å². The van der Waals surface area contributed by atoms with Gasteiger partial charge in [-0.3, -0.25) is 15.2 Å². The highest BCUT2D eigenvalue weighted by molar-refractivity contribution is 7.17. The van der Waals surface area contributed by atoms with Gasteiger partial charge in [0.05, 0.1) is 12.8 Å². The second-order valence-corrected chi connectivity index (χ2v) is 4.81. The van der Waals surface area contributed by atoms with E-state index in [0.717, 1.165) is 17.0 Å². The molecule has 0 radical (unpaired) electrons. The van der Waals surface area contributed by atoms with Gasteiger partial charge in [-0.1, -0.05) is 11.3 Å². The fourth-order valence-corrected chi connectivity index (χ4v) is 2.31. The van der Waals surface area contributed by atoms with Gasteiger partial charge in [-0.15, -0.1) is 0 Å². The summed E-state index contributed by atoms with van der Waals surface area (Å²) in [5, 5.41) is 9.44. The zero-order valence-corrected chi connectivity index (χ0v) is 11.4. The van der Waals surface area contributed by atoms with Crippen molar-refractivity contribution < 1.29 is 14.3 Å². The number of nitrogens with zero attached hydrogens (tertiary/aromatic N) is 2. The number of methoxy groups -OCH3 is 1. The van der Waals surface area contributed by atoms with Crippen molar-refractivity contribution in [1.82, 2.24) is 15.2 Å². The van der Waals surface area contributed by atoms with Crippen LogP contribution >= 0.6 is 11.3 Å². The summed E-state index contributed by atoms with van der Waals surface area (Å²) in [4.78, 5) is 27.7. The van der Waals surface area contributed by atoms with Gasteiger partial charge in [0.25, 0.3) is 5.91 Å². The molecule has 2 heterocycles. The maximum absolute atomic E-state index is 11.8. The Kier molecular flexibility index (Phi) is 3.61. The fraction of sp³-hybridized carbons (Fsp3) is 0.273. The number of carbonyl (C=O) groups is 2. The Balaban J connectivity index is 2.16. The second kappa shape index (κ2) is 5.19.